The molecular weight excluding hydrogens is 346 g/mol. The molecule has 1 fully saturated rings. The number of oxime groups is 1. The Kier molecular flexibility index (Phi) is 5.93. The van der Waals surface area contributed by atoms with E-state index in [-0.39, 0.29) is 0 Å². The SMILES string of the molecule is COC1(c2cc(OCc3ccc(C(C)=NO)cc3)cc(N)n2)CCOCC1. The molecule has 144 valence electrons. The fourth-order valence-electron chi connectivity index (χ4n) is 3.18. The molecule has 1 aliphatic heterocycles. The lowest BCUT2D eigenvalue weighted by Crippen LogP contribution is -2.36. The highest BCUT2D eigenvalue weighted by atomic mass is 16.5. The summed E-state index contributed by atoms with van der Waals surface area (Å²) in [6.07, 6.45) is 1.46. The number of methoxy groups -OCH3 is 1. The van der Waals surface area contributed by atoms with Crippen molar-refractivity contribution in [2.75, 3.05) is 26.1 Å². The number of nitrogens with zero attached hydrogens (tertiary/aromatic N) is 2. The van der Waals surface area contributed by atoms with Crippen molar-refractivity contribution in [1.29, 1.82) is 0 Å². The molecule has 0 saturated carbocycles. The number of hydrogen-bond acceptors (Lipinski definition) is 7. The minimum Gasteiger partial charge on any atom is -0.489 e. The van der Waals surface area contributed by atoms with Gasteiger partial charge in [-0.05, 0) is 18.1 Å². The maximum Gasteiger partial charge on any atom is 0.127 e. The van der Waals surface area contributed by atoms with Crippen molar-refractivity contribution >= 4 is 11.5 Å². The van der Waals surface area contributed by atoms with E-state index >= 15 is 0 Å². The second kappa shape index (κ2) is 8.37. The van der Waals surface area contributed by atoms with Crippen molar-refractivity contribution in [3.05, 3.63) is 53.2 Å². The number of pyridine rings is 1. The quantitative estimate of drug-likeness (QED) is 0.460. The molecule has 0 unspecified atom stereocenters. The van der Waals surface area contributed by atoms with E-state index in [1.54, 1.807) is 20.1 Å². The second-order valence-electron chi connectivity index (χ2n) is 6.59. The molecule has 0 spiro atoms. The number of hydrogen-bond donors (Lipinski definition) is 2. The number of ether oxygens (including phenoxy) is 3. The number of nitrogens with two attached hydrogens (primary N) is 1. The Bertz CT molecular complexity index is 799. The number of nitrogen functional groups attached to an aromatic ring is 1. The van der Waals surface area contributed by atoms with Crippen molar-refractivity contribution < 1.29 is 19.4 Å². The van der Waals surface area contributed by atoms with E-state index in [4.69, 9.17) is 25.2 Å². The highest BCUT2D eigenvalue weighted by Crippen LogP contribution is 2.36. The van der Waals surface area contributed by atoms with Gasteiger partial charge in [0.25, 0.3) is 0 Å². The Hall–Kier alpha value is -2.64. The van der Waals surface area contributed by atoms with Gasteiger partial charge in [-0.15, -0.1) is 0 Å². The van der Waals surface area contributed by atoms with Gasteiger partial charge in [-0.2, -0.15) is 0 Å². The van der Waals surface area contributed by atoms with Gasteiger partial charge in [-0.25, -0.2) is 4.98 Å². The highest BCUT2D eigenvalue weighted by molar-refractivity contribution is 5.98. The summed E-state index contributed by atoms with van der Waals surface area (Å²) in [7, 11) is 1.69. The van der Waals surface area contributed by atoms with Gasteiger partial charge in [0.2, 0.25) is 0 Å². The summed E-state index contributed by atoms with van der Waals surface area (Å²) in [6, 6.07) is 11.3. The van der Waals surface area contributed by atoms with Gasteiger partial charge in [0, 0.05) is 45.3 Å². The summed E-state index contributed by atoms with van der Waals surface area (Å²) in [6.45, 7) is 3.39. The topological polar surface area (TPSA) is 99.2 Å². The molecule has 3 N–H and O–H groups in total. The zero-order chi connectivity index (χ0) is 19.3. The molecule has 2 aromatic rings. The number of benzene rings is 1. The zero-order valence-electron chi connectivity index (χ0n) is 15.6. The van der Waals surface area contributed by atoms with Crippen LogP contribution in [0.2, 0.25) is 0 Å². The zero-order valence-corrected chi connectivity index (χ0v) is 15.6. The minimum absolute atomic E-state index is 0.390. The molecule has 0 aliphatic carbocycles. The van der Waals surface area contributed by atoms with E-state index < -0.39 is 5.60 Å². The first-order valence-corrected chi connectivity index (χ1v) is 8.88. The maximum atomic E-state index is 8.84. The molecule has 0 amide bonds. The lowest BCUT2D eigenvalue weighted by atomic mass is 9.89. The standard InChI is InChI=1S/C20H25N3O4/c1-14(23-24)16-5-3-15(4-6-16)13-27-17-11-18(22-19(21)12-17)20(25-2)7-9-26-10-8-20/h3-6,11-12,24H,7-10,13H2,1-2H3,(H2,21,22). The molecule has 27 heavy (non-hydrogen) atoms. The van der Waals surface area contributed by atoms with Crippen LogP contribution in [-0.4, -0.2) is 36.2 Å². The summed E-state index contributed by atoms with van der Waals surface area (Å²) in [5.41, 5.74) is 8.70. The third-order valence-corrected chi connectivity index (χ3v) is 4.90. The lowest BCUT2D eigenvalue weighted by molar-refractivity contribution is -0.0973. The van der Waals surface area contributed by atoms with E-state index in [0.29, 0.717) is 37.1 Å². The molecule has 3 rings (SSSR count). The molecule has 0 radical (unpaired) electrons. The average molecular weight is 371 g/mol. The van der Waals surface area contributed by atoms with Gasteiger partial charge in [-0.3, -0.25) is 0 Å². The van der Waals surface area contributed by atoms with E-state index in [2.05, 4.69) is 10.1 Å². The minimum atomic E-state index is -0.492. The second-order valence-corrected chi connectivity index (χ2v) is 6.59. The number of anilines is 1. The van der Waals surface area contributed by atoms with Crippen LogP contribution in [0.15, 0.2) is 41.6 Å². The van der Waals surface area contributed by atoms with Crippen molar-refractivity contribution in [2.24, 2.45) is 5.16 Å². The van der Waals surface area contributed by atoms with Crippen LogP contribution in [0, 0.1) is 0 Å². The fourth-order valence-corrected chi connectivity index (χ4v) is 3.18. The van der Waals surface area contributed by atoms with Crippen LogP contribution in [0.5, 0.6) is 5.75 Å². The molecule has 1 aromatic heterocycles. The summed E-state index contributed by atoms with van der Waals surface area (Å²) in [4.78, 5) is 4.48. The number of rotatable bonds is 6. The molecule has 1 aromatic carbocycles. The van der Waals surface area contributed by atoms with E-state index in [0.717, 1.165) is 29.7 Å². The molecule has 7 nitrogen and oxygen atoms in total. The van der Waals surface area contributed by atoms with E-state index in [1.807, 2.05) is 30.3 Å². The molecule has 1 saturated heterocycles. The van der Waals surface area contributed by atoms with Crippen LogP contribution in [0.25, 0.3) is 0 Å². The summed E-state index contributed by atoms with van der Waals surface area (Å²) in [5.74, 6) is 1.05. The smallest absolute Gasteiger partial charge is 0.127 e. The Morgan fingerprint density at radius 1 is 1.26 bits per heavy atom. The summed E-state index contributed by atoms with van der Waals surface area (Å²) >= 11 is 0. The average Bonchev–Trinajstić information content (AvgIpc) is 2.72. The van der Waals surface area contributed by atoms with E-state index in [9.17, 15) is 0 Å². The first kappa shape index (κ1) is 19.1. The van der Waals surface area contributed by atoms with Gasteiger partial charge in [0.1, 0.15) is 23.8 Å². The largest absolute Gasteiger partial charge is 0.489 e. The van der Waals surface area contributed by atoms with Crippen LogP contribution < -0.4 is 10.5 Å². The van der Waals surface area contributed by atoms with Crippen LogP contribution in [0.4, 0.5) is 5.82 Å². The van der Waals surface area contributed by atoms with Crippen molar-refractivity contribution in [3.8, 4) is 5.75 Å². The van der Waals surface area contributed by atoms with Gasteiger partial charge in [-0.1, -0.05) is 29.4 Å². The van der Waals surface area contributed by atoms with Gasteiger partial charge < -0.3 is 25.2 Å². The van der Waals surface area contributed by atoms with Crippen LogP contribution in [0.1, 0.15) is 36.6 Å². The highest BCUT2D eigenvalue weighted by Gasteiger charge is 2.36. The Morgan fingerprint density at radius 3 is 2.59 bits per heavy atom. The Morgan fingerprint density at radius 2 is 1.96 bits per heavy atom. The molecule has 1 aliphatic rings. The molecule has 0 bridgehead atoms. The normalized spacial score (nSPS) is 16.9. The van der Waals surface area contributed by atoms with Crippen LogP contribution in [0.3, 0.4) is 0 Å². The Labute approximate surface area is 158 Å². The third kappa shape index (κ3) is 4.37. The summed E-state index contributed by atoms with van der Waals surface area (Å²) < 4.78 is 17.2. The van der Waals surface area contributed by atoms with Crippen LogP contribution >= 0.6 is 0 Å². The van der Waals surface area contributed by atoms with Crippen LogP contribution in [-0.2, 0) is 21.7 Å². The molecule has 0 atom stereocenters. The molecule has 2 heterocycles. The molecule has 7 heteroatoms. The number of aromatic nitrogens is 1. The lowest BCUT2D eigenvalue weighted by Gasteiger charge is -2.35. The van der Waals surface area contributed by atoms with Crippen molar-refractivity contribution in [1.82, 2.24) is 4.98 Å². The summed E-state index contributed by atoms with van der Waals surface area (Å²) in [5, 5.41) is 12.0. The maximum absolute atomic E-state index is 8.84. The predicted molar refractivity (Wildman–Crippen MR) is 102 cm³/mol. The van der Waals surface area contributed by atoms with Crippen molar-refractivity contribution in [2.45, 2.75) is 32.0 Å². The van der Waals surface area contributed by atoms with Gasteiger partial charge in [0.05, 0.1) is 11.4 Å². The van der Waals surface area contributed by atoms with Gasteiger partial charge >= 0.3 is 0 Å². The monoisotopic (exact) mass is 371 g/mol. The van der Waals surface area contributed by atoms with E-state index in [1.165, 1.54) is 0 Å². The Balaban J connectivity index is 1.75. The molecular formula is C20H25N3O4. The third-order valence-electron chi connectivity index (χ3n) is 4.90. The predicted octanol–water partition coefficient (Wildman–Crippen LogP) is 3.09. The van der Waals surface area contributed by atoms with Crippen molar-refractivity contribution in [3.63, 3.8) is 0 Å². The first-order valence-electron chi connectivity index (χ1n) is 8.88. The first-order chi connectivity index (χ1) is 13.1. The van der Waals surface area contributed by atoms with Gasteiger partial charge in [0.15, 0.2) is 0 Å². The fraction of sp³-hybridized carbons (Fsp3) is 0.400.